The fourth-order valence-corrected chi connectivity index (χ4v) is 4.06. The first-order valence-corrected chi connectivity index (χ1v) is 9.97. The minimum absolute atomic E-state index is 0.132. The average Bonchev–Trinajstić information content (AvgIpc) is 2.72. The monoisotopic (exact) mass is 375 g/mol. The van der Waals surface area contributed by atoms with Crippen molar-refractivity contribution in [2.24, 2.45) is 5.92 Å². The molecule has 0 radical (unpaired) electrons. The molecular weight excluding hydrogens is 350 g/mol. The highest BCUT2D eigenvalue weighted by atomic mass is 16.2. The molecule has 2 atom stereocenters. The molecule has 0 aliphatic heterocycles. The van der Waals surface area contributed by atoms with Gasteiger partial charge in [0.15, 0.2) is 0 Å². The summed E-state index contributed by atoms with van der Waals surface area (Å²) in [6.07, 6.45) is 6.09. The van der Waals surface area contributed by atoms with Crippen LogP contribution in [0.1, 0.15) is 48.5 Å². The molecule has 0 spiro atoms. The number of carbonyl (C=O) groups excluding carboxylic acids is 1. The number of nitrogens with one attached hydrogen (secondary N) is 1. The molecular formula is C23H25N3O2. The van der Waals surface area contributed by atoms with Gasteiger partial charge in [-0.2, -0.15) is 0 Å². The van der Waals surface area contributed by atoms with Crippen molar-refractivity contribution in [3.8, 4) is 0 Å². The van der Waals surface area contributed by atoms with E-state index in [0.717, 1.165) is 30.2 Å². The lowest BCUT2D eigenvalue weighted by Crippen LogP contribution is -2.43. The Morgan fingerprint density at radius 3 is 2.71 bits per heavy atom. The van der Waals surface area contributed by atoms with Gasteiger partial charge in [-0.1, -0.05) is 50.1 Å². The molecule has 0 bridgehead atoms. The van der Waals surface area contributed by atoms with Gasteiger partial charge in [-0.15, -0.1) is 0 Å². The van der Waals surface area contributed by atoms with Crippen LogP contribution in [0.5, 0.6) is 0 Å². The summed E-state index contributed by atoms with van der Waals surface area (Å²) in [6, 6.07) is 15.3. The van der Waals surface area contributed by atoms with E-state index in [-0.39, 0.29) is 23.1 Å². The van der Waals surface area contributed by atoms with Gasteiger partial charge < -0.3 is 5.32 Å². The predicted octanol–water partition coefficient (Wildman–Crippen LogP) is 3.75. The van der Waals surface area contributed by atoms with Crippen molar-refractivity contribution < 1.29 is 4.79 Å². The van der Waals surface area contributed by atoms with E-state index in [1.807, 2.05) is 42.5 Å². The number of fused-ring (bicyclic) bond motifs is 1. The SMILES string of the molecule is C[C@@H]1CCCC[C@H]1NC(=O)c1cc2cccnc2n(Cc2ccccc2)c1=O. The molecule has 144 valence electrons. The number of pyridine rings is 2. The van der Waals surface area contributed by atoms with E-state index < -0.39 is 0 Å². The van der Waals surface area contributed by atoms with Crippen molar-refractivity contribution in [2.75, 3.05) is 0 Å². The molecule has 1 aliphatic carbocycles. The smallest absolute Gasteiger partial charge is 0.265 e. The van der Waals surface area contributed by atoms with Crippen LogP contribution in [0, 0.1) is 5.92 Å². The molecule has 0 saturated heterocycles. The van der Waals surface area contributed by atoms with Crippen LogP contribution in [0.3, 0.4) is 0 Å². The Morgan fingerprint density at radius 1 is 1.14 bits per heavy atom. The summed E-state index contributed by atoms with van der Waals surface area (Å²) in [6.45, 7) is 2.55. The standard InChI is InChI=1S/C23H25N3O2/c1-16-8-5-6-12-20(16)25-22(27)19-14-18-11-7-13-24-21(18)26(23(19)28)15-17-9-3-2-4-10-17/h2-4,7,9-11,13-14,16,20H,5-6,8,12,15H2,1H3,(H,25,27)/t16-,20-/m1/s1. The summed E-state index contributed by atoms with van der Waals surface area (Å²) >= 11 is 0. The van der Waals surface area contributed by atoms with Crippen LogP contribution in [0.4, 0.5) is 0 Å². The number of nitrogens with zero attached hydrogens (tertiary/aromatic N) is 2. The van der Waals surface area contributed by atoms with E-state index >= 15 is 0 Å². The number of amides is 1. The van der Waals surface area contributed by atoms with Gasteiger partial charge in [-0.25, -0.2) is 4.98 Å². The fraction of sp³-hybridized carbons (Fsp3) is 0.348. The maximum atomic E-state index is 13.2. The minimum Gasteiger partial charge on any atom is -0.349 e. The molecule has 2 aromatic heterocycles. The van der Waals surface area contributed by atoms with Gasteiger partial charge >= 0.3 is 0 Å². The van der Waals surface area contributed by atoms with Gasteiger partial charge in [-0.05, 0) is 42.5 Å². The lowest BCUT2D eigenvalue weighted by atomic mass is 9.86. The summed E-state index contributed by atoms with van der Waals surface area (Å²) < 4.78 is 1.60. The third-order valence-corrected chi connectivity index (χ3v) is 5.70. The molecule has 5 heteroatoms. The maximum Gasteiger partial charge on any atom is 0.265 e. The quantitative estimate of drug-likeness (QED) is 0.755. The van der Waals surface area contributed by atoms with Crippen LogP contribution in [0.15, 0.2) is 59.5 Å². The lowest BCUT2D eigenvalue weighted by molar-refractivity contribution is 0.0908. The van der Waals surface area contributed by atoms with Crippen LogP contribution in [-0.4, -0.2) is 21.5 Å². The van der Waals surface area contributed by atoms with Crippen molar-refractivity contribution in [3.63, 3.8) is 0 Å². The predicted molar refractivity (Wildman–Crippen MR) is 110 cm³/mol. The molecule has 28 heavy (non-hydrogen) atoms. The molecule has 3 aromatic rings. The third kappa shape index (κ3) is 3.70. The number of carbonyl (C=O) groups is 1. The Bertz CT molecular complexity index is 1040. The molecule has 1 aromatic carbocycles. The first kappa shape index (κ1) is 18.4. The molecule has 1 fully saturated rings. The number of hydrogen-bond acceptors (Lipinski definition) is 3. The molecule has 4 rings (SSSR count). The van der Waals surface area contributed by atoms with E-state index in [2.05, 4.69) is 17.2 Å². The molecule has 1 N–H and O–H groups in total. The van der Waals surface area contributed by atoms with Crippen LogP contribution in [-0.2, 0) is 6.54 Å². The lowest BCUT2D eigenvalue weighted by Gasteiger charge is -2.29. The Kier molecular flexibility index (Phi) is 5.24. The van der Waals surface area contributed by atoms with E-state index in [4.69, 9.17) is 0 Å². The number of aromatic nitrogens is 2. The summed E-state index contributed by atoms with van der Waals surface area (Å²) in [7, 11) is 0. The van der Waals surface area contributed by atoms with Crippen LogP contribution in [0.25, 0.3) is 11.0 Å². The van der Waals surface area contributed by atoms with Crippen LogP contribution < -0.4 is 10.9 Å². The summed E-state index contributed by atoms with van der Waals surface area (Å²) in [4.78, 5) is 30.6. The second kappa shape index (κ2) is 7.97. The topological polar surface area (TPSA) is 64.0 Å². The van der Waals surface area contributed by atoms with Gasteiger partial charge in [0.1, 0.15) is 11.2 Å². The van der Waals surface area contributed by atoms with Gasteiger partial charge in [0.2, 0.25) is 0 Å². The Labute approximate surface area is 164 Å². The zero-order valence-corrected chi connectivity index (χ0v) is 16.1. The number of benzene rings is 1. The largest absolute Gasteiger partial charge is 0.349 e. The van der Waals surface area contributed by atoms with Crippen LogP contribution >= 0.6 is 0 Å². The van der Waals surface area contributed by atoms with Gasteiger partial charge in [-0.3, -0.25) is 14.2 Å². The van der Waals surface area contributed by atoms with E-state index in [1.165, 1.54) is 6.42 Å². The zero-order valence-electron chi connectivity index (χ0n) is 16.1. The maximum absolute atomic E-state index is 13.2. The summed E-state index contributed by atoms with van der Waals surface area (Å²) in [5, 5.41) is 3.90. The van der Waals surface area contributed by atoms with Crippen molar-refractivity contribution in [3.05, 3.63) is 76.2 Å². The Balaban J connectivity index is 1.73. The molecule has 0 unspecified atom stereocenters. The minimum atomic E-state index is -0.295. The van der Waals surface area contributed by atoms with Crippen molar-refractivity contribution in [1.29, 1.82) is 0 Å². The average molecular weight is 375 g/mol. The highest BCUT2D eigenvalue weighted by Crippen LogP contribution is 2.24. The fourth-order valence-electron chi connectivity index (χ4n) is 4.06. The Morgan fingerprint density at radius 2 is 1.93 bits per heavy atom. The van der Waals surface area contributed by atoms with Crippen molar-refractivity contribution >= 4 is 16.9 Å². The number of hydrogen-bond donors (Lipinski definition) is 1. The van der Waals surface area contributed by atoms with E-state index in [9.17, 15) is 9.59 Å². The molecule has 1 aliphatic rings. The second-order valence-electron chi connectivity index (χ2n) is 7.69. The summed E-state index contributed by atoms with van der Waals surface area (Å²) in [5.74, 6) is 0.155. The van der Waals surface area contributed by atoms with E-state index in [0.29, 0.717) is 18.1 Å². The normalized spacial score (nSPS) is 19.5. The third-order valence-electron chi connectivity index (χ3n) is 5.70. The highest BCUT2D eigenvalue weighted by Gasteiger charge is 2.25. The van der Waals surface area contributed by atoms with E-state index in [1.54, 1.807) is 16.8 Å². The van der Waals surface area contributed by atoms with Gasteiger partial charge in [0.05, 0.1) is 6.54 Å². The number of rotatable bonds is 4. The first-order valence-electron chi connectivity index (χ1n) is 9.97. The molecule has 2 heterocycles. The van der Waals surface area contributed by atoms with Gasteiger partial charge in [0, 0.05) is 17.6 Å². The summed E-state index contributed by atoms with van der Waals surface area (Å²) in [5.41, 5.74) is 1.49. The van der Waals surface area contributed by atoms with Crippen molar-refractivity contribution in [1.82, 2.24) is 14.9 Å². The zero-order chi connectivity index (χ0) is 19.5. The molecule has 1 amide bonds. The van der Waals surface area contributed by atoms with Gasteiger partial charge in [0.25, 0.3) is 11.5 Å². The highest BCUT2D eigenvalue weighted by molar-refractivity contribution is 5.97. The van der Waals surface area contributed by atoms with Crippen LogP contribution in [0.2, 0.25) is 0 Å². The molecule has 1 saturated carbocycles. The second-order valence-corrected chi connectivity index (χ2v) is 7.69. The Hall–Kier alpha value is -2.95. The van der Waals surface area contributed by atoms with Crippen molar-refractivity contribution in [2.45, 2.75) is 45.2 Å². The first-order chi connectivity index (χ1) is 13.6. The molecule has 5 nitrogen and oxygen atoms in total.